The Morgan fingerprint density at radius 1 is 1.26 bits per heavy atom. The molecule has 2 aliphatic rings. The van der Waals surface area contributed by atoms with Gasteiger partial charge in [0.2, 0.25) is 0 Å². The van der Waals surface area contributed by atoms with Gasteiger partial charge in [0.25, 0.3) is 0 Å². The lowest BCUT2D eigenvalue weighted by Gasteiger charge is -2.40. The van der Waals surface area contributed by atoms with Gasteiger partial charge in [-0.3, -0.25) is 0 Å². The van der Waals surface area contributed by atoms with Crippen LogP contribution in [0.2, 0.25) is 0 Å². The van der Waals surface area contributed by atoms with Crippen LogP contribution in [0.1, 0.15) is 56.9 Å². The van der Waals surface area contributed by atoms with Crippen molar-refractivity contribution in [1.29, 1.82) is 0 Å². The van der Waals surface area contributed by atoms with Crippen LogP contribution in [-0.4, -0.2) is 48.8 Å². The molecule has 1 saturated heterocycles. The molecule has 3 rings (SSSR count). The largest absolute Gasteiger partial charge is 0.376 e. The molecule has 0 radical (unpaired) electrons. The van der Waals surface area contributed by atoms with E-state index in [4.69, 9.17) is 10.5 Å². The molecule has 150 valence electrons. The van der Waals surface area contributed by atoms with Crippen LogP contribution in [0.4, 0.5) is 9.18 Å². The van der Waals surface area contributed by atoms with E-state index in [2.05, 4.69) is 5.32 Å². The Morgan fingerprint density at radius 2 is 2.00 bits per heavy atom. The molecule has 1 aromatic rings. The first-order valence-corrected chi connectivity index (χ1v) is 10.3. The van der Waals surface area contributed by atoms with Crippen molar-refractivity contribution in [3.05, 3.63) is 35.6 Å². The summed E-state index contributed by atoms with van der Waals surface area (Å²) in [7, 11) is 0. The third-order valence-electron chi connectivity index (χ3n) is 5.94. The Morgan fingerprint density at radius 3 is 2.70 bits per heavy atom. The van der Waals surface area contributed by atoms with Crippen LogP contribution in [0.25, 0.3) is 0 Å². The Bertz CT molecular complexity index is 619. The molecular formula is C21H32FN3O2. The number of benzene rings is 1. The number of amides is 2. The number of nitrogens with one attached hydrogen (secondary N) is 1. The van der Waals surface area contributed by atoms with Crippen LogP contribution in [0, 0.1) is 5.82 Å². The molecule has 1 aromatic carbocycles. The van der Waals surface area contributed by atoms with Gasteiger partial charge < -0.3 is 20.7 Å². The molecule has 2 atom stereocenters. The van der Waals surface area contributed by atoms with Crippen molar-refractivity contribution in [2.45, 2.75) is 69.6 Å². The van der Waals surface area contributed by atoms with Crippen molar-refractivity contribution in [3.8, 4) is 0 Å². The number of rotatable bonds is 5. The van der Waals surface area contributed by atoms with Crippen LogP contribution >= 0.6 is 0 Å². The molecule has 27 heavy (non-hydrogen) atoms. The predicted molar refractivity (Wildman–Crippen MR) is 104 cm³/mol. The second-order valence-corrected chi connectivity index (χ2v) is 7.73. The first kappa shape index (κ1) is 20.1. The second-order valence-electron chi connectivity index (χ2n) is 7.73. The van der Waals surface area contributed by atoms with Crippen LogP contribution in [0.3, 0.4) is 0 Å². The van der Waals surface area contributed by atoms with E-state index in [9.17, 15) is 9.18 Å². The quantitative estimate of drug-likeness (QED) is 0.826. The molecule has 5 nitrogen and oxygen atoms in total. The van der Waals surface area contributed by atoms with E-state index in [0.717, 1.165) is 50.6 Å². The Kier molecular flexibility index (Phi) is 7.07. The van der Waals surface area contributed by atoms with E-state index >= 15 is 0 Å². The fraction of sp³-hybridized carbons (Fsp3) is 0.667. The Hall–Kier alpha value is -1.66. The molecule has 1 heterocycles. The zero-order valence-electron chi connectivity index (χ0n) is 16.2. The van der Waals surface area contributed by atoms with Gasteiger partial charge in [-0.05, 0) is 63.0 Å². The molecule has 0 aromatic heterocycles. The number of ether oxygens (including phenoxy) is 1. The number of halogens is 1. The Balaban J connectivity index is 1.51. The molecule has 0 unspecified atom stereocenters. The minimum atomic E-state index is -0.104. The molecule has 1 aliphatic carbocycles. The molecule has 2 fully saturated rings. The summed E-state index contributed by atoms with van der Waals surface area (Å²) in [6.45, 7) is 3.74. The topological polar surface area (TPSA) is 67.6 Å². The highest BCUT2D eigenvalue weighted by atomic mass is 19.1. The van der Waals surface area contributed by atoms with E-state index in [1.807, 2.05) is 24.0 Å². The first-order valence-electron chi connectivity index (χ1n) is 10.3. The van der Waals surface area contributed by atoms with Crippen molar-refractivity contribution in [2.24, 2.45) is 5.73 Å². The molecule has 2 amide bonds. The lowest BCUT2D eigenvalue weighted by molar-refractivity contribution is -0.0159. The fourth-order valence-electron chi connectivity index (χ4n) is 4.39. The SMILES string of the molecule is CCNC(=O)N1CCC[C@H](N)[C@@H]1COC1CCC(c2ccccc2F)CC1. The fourth-order valence-corrected chi connectivity index (χ4v) is 4.39. The first-order chi connectivity index (χ1) is 13.1. The van der Waals surface area contributed by atoms with Crippen molar-refractivity contribution in [3.63, 3.8) is 0 Å². The summed E-state index contributed by atoms with van der Waals surface area (Å²) in [6, 6.07) is 6.91. The molecule has 0 spiro atoms. The predicted octanol–water partition coefficient (Wildman–Crippen LogP) is 3.39. The monoisotopic (exact) mass is 377 g/mol. The minimum Gasteiger partial charge on any atom is -0.376 e. The van der Waals surface area contributed by atoms with Crippen LogP contribution in [0.5, 0.6) is 0 Å². The zero-order valence-corrected chi connectivity index (χ0v) is 16.2. The van der Waals surface area contributed by atoms with E-state index < -0.39 is 0 Å². The summed E-state index contributed by atoms with van der Waals surface area (Å²) < 4.78 is 20.2. The summed E-state index contributed by atoms with van der Waals surface area (Å²) in [6.07, 6.45) is 5.72. The van der Waals surface area contributed by atoms with Crippen LogP contribution in [-0.2, 0) is 4.74 Å². The highest BCUT2D eigenvalue weighted by molar-refractivity contribution is 5.74. The maximum atomic E-state index is 14.0. The van der Waals surface area contributed by atoms with Crippen molar-refractivity contribution >= 4 is 6.03 Å². The van der Waals surface area contributed by atoms with Crippen molar-refractivity contribution in [1.82, 2.24) is 10.2 Å². The van der Waals surface area contributed by atoms with Gasteiger partial charge in [-0.2, -0.15) is 0 Å². The molecule has 0 bridgehead atoms. The summed E-state index contributed by atoms with van der Waals surface area (Å²) in [5.74, 6) is 0.169. The van der Waals surface area contributed by atoms with Gasteiger partial charge in [0.1, 0.15) is 5.82 Å². The number of nitrogens with two attached hydrogens (primary N) is 1. The number of piperidine rings is 1. The maximum Gasteiger partial charge on any atom is 0.317 e. The van der Waals surface area contributed by atoms with Gasteiger partial charge in [-0.1, -0.05) is 18.2 Å². The lowest BCUT2D eigenvalue weighted by Crippen LogP contribution is -2.58. The van der Waals surface area contributed by atoms with Gasteiger partial charge in [0, 0.05) is 19.1 Å². The number of carbonyl (C=O) groups is 1. The van der Waals surface area contributed by atoms with Gasteiger partial charge in [0.05, 0.1) is 18.8 Å². The maximum absolute atomic E-state index is 14.0. The third kappa shape index (κ3) is 4.99. The minimum absolute atomic E-state index is 0.0453. The molecule has 1 saturated carbocycles. The summed E-state index contributed by atoms with van der Waals surface area (Å²) in [5, 5.41) is 2.87. The van der Waals surface area contributed by atoms with E-state index in [-0.39, 0.29) is 36.0 Å². The van der Waals surface area contributed by atoms with Gasteiger partial charge in [-0.25, -0.2) is 9.18 Å². The smallest absolute Gasteiger partial charge is 0.317 e. The molecular weight excluding hydrogens is 345 g/mol. The average molecular weight is 378 g/mol. The number of hydrogen-bond donors (Lipinski definition) is 2. The third-order valence-corrected chi connectivity index (χ3v) is 5.94. The molecule has 6 heteroatoms. The number of hydrogen-bond acceptors (Lipinski definition) is 3. The second kappa shape index (κ2) is 9.51. The summed E-state index contributed by atoms with van der Waals surface area (Å²) in [5.41, 5.74) is 7.12. The molecule has 1 aliphatic heterocycles. The average Bonchev–Trinajstić information content (AvgIpc) is 2.68. The normalized spacial score (nSPS) is 28.8. The van der Waals surface area contributed by atoms with Gasteiger partial charge in [-0.15, -0.1) is 0 Å². The number of likely N-dealkylation sites (tertiary alicyclic amines) is 1. The number of urea groups is 1. The lowest BCUT2D eigenvalue weighted by atomic mass is 9.82. The van der Waals surface area contributed by atoms with Crippen molar-refractivity contribution in [2.75, 3.05) is 19.7 Å². The molecule has 3 N–H and O–H groups in total. The highest BCUT2D eigenvalue weighted by Crippen LogP contribution is 2.35. The van der Waals surface area contributed by atoms with Gasteiger partial charge >= 0.3 is 6.03 Å². The standard InChI is InChI=1S/C21H32FN3O2/c1-2-24-21(26)25-13-5-8-19(23)20(25)14-27-16-11-9-15(10-12-16)17-6-3-4-7-18(17)22/h3-4,6-7,15-16,19-20H,2,5,8-14,23H2,1H3,(H,24,26)/t15?,16?,19-,20-/m0/s1. The van der Waals surface area contributed by atoms with Gasteiger partial charge in [0.15, 0.2) is 0 Å². The highest BCUT2D eigenvalue weighted by Gasteiger charge is 2.33. The van der Waals surface area contributed by atoms with Crippen LogP contribution in [0.15, 0.2) is 24.3 Å². The summed E-state index contributed by atoms with van der Waals surface area (Å²) in [4.78, 5) is 14.1. The van der Waals surface area contributed by atoms with E-state index in [1.54, 1.807) is 12.1 Å². The number of carbonyl (C=O) groups excluding carboxylic acids is 1. The number of nitrogens with zero attached hydrogens (tertiary/aromatic N) is 1. The van der Waals surface area contributed by atoms with Crippen molar-refractivity contribution < 1.29 is 13.9 Å². The van der Waals surface area contributed by atoms with E-state index in [1.165, 1.54) is 0 Å². The van der Waals surface area contributed by atoms with E-state index in [0.29, 0.717) is 13.2 Å². The summed E-state index contributed by atoms with van der Waals surface area (Å²) >= 11 is 0. The van der Waals surface area contributed by atoms with Crippen LogP contribution < -0.4 is 11.1 Å². The Labute approximate surface area is 161 Å². The zero-order chi connectivity index (χ0) is 19.2.